The number of nitrogens with zero attached hydrogens (tertiary/aromatic N) is 1. The van der Waals surface area contributed by atoms with E-state index >= 15 is 0 Å². The number of primary sulfonamides is 1. The molecular formula is C20H21N3O3S. The number of benzene rings is 3. The fraction of sp³-hybridized carbons (Fsp3) is 0.150. The van der Waals surface area contributed by atoms with Crippen LogP contribution in [0, 0.1) is 0 Å². The van der Waals surface area contributed by atoms with Crippen molar-refractivity contribution in [2.75, 3.05) is 12.4 Å². The molecule has 3 aromatic carbocycles. The van der Waals surface area contributed by atoms with Gasteiger partial charge in [-0.15, -0.1) is 0 Å². The fourth-order valence-corrected chi connectivity index (χ4v) is 3.39. The van der Waals surface area contributed by atoms with Gasteiger partial charge in [0.15, 0.2) is 0 Å². The van der Waals surface area contributed by atoms with Crippen molar-refractivity contribution in [2.45, 2.75) is 17.9 Å². The molecule has 3 N–H and O–H groups in total. The van der Waals surface area contributed by atoms with Crippen LogP contribution in [0.3, 0.4) is 0 Å². The maximum Gasteiger partial charge on any atom is 0.322 e. The van der Waals surface area contributed by atoms with Crippen LogP contribution in [-0.4, -0.2) is 26.4 Å². The molecule has 3 rings (SSSR count). The van der Waals surface area contributed by atoms with Crippen molar-refractivity contribution in [3.8, 4) is 0 Å². The second kappa shape index (κ2) is 7.38. The molecule has 0 radical (unpaired) electrons. The number of fused-ring (bicyclic) bond motifs is 1. The fourth-order valence-electron chi connectivity index (χ4n) is 2.87. The summed E-state index contributed by atoms with van der Waals surface area (Å²) in [6.45, 7) is 1.87. The van der Waals surface area contributed by atoms with E-state index < -0.39 is 10.0 Å². The standard InChI is InChI=1S/C20H21N3O3S/c1-14(15-10-12-17(13-11-15)27(21,25)26)23(2)20(24)22-19-9-5-7-16-6-3-4-8-18(16)19/h3-14H,1-2H3,(H,22,24)(H2,21,25,26)/t14-/m0/s1. The summed E-state index contributed by atoms with van der Waals surface area (Å²) in [4.78, 5) is 14.3. The number of carbonyl (C=O) groups excluding carboxylic acids is 1. The van der Waals surface area contributed by atoms with Crippen molar-refractivity contribution in [2.24, 2.45) is 5.14 Å². The van der Waals surface area contributed by atoms with Gasteiger partial charge in [-0.3, -0.25) is 0 Å². The summed E-state index contributed by atoms with van der Waals surface area (Å²) in [6, 6.07) is 19.3. The Morgan fingerprint density at radius 3 is 2.30 bits per heavy atom. The molecule has 0 unspecified atom stereocenters. The Morgan fingerprint density at radius 1 is 1.00 bits per heavy atom. The highest BCUT2D eigenvalue weighted by Crippen LogP contribution is 2.25. The van der Waals surface area contributed by atoms with Gasteiger partial charge in [-0.05, 0) is 36.1 Å². The molecule has 0 bridgehead atoms. The van der Waals surface area contributed by atoms with E-state index in [1.165, 1.54) is 12.1 Å². The minimum atomic E-state index is -3.74. The highest BCUT2D eigenvalue weighted by molar-refractivity contribution is 7.89. The number of nitrogens with one attached hydrogen (secondary N) is 1. The average molecular weight is 383 g/mol. The van der Waals surface area contributed by atoms with Crippen LogP contribution in [0.2, 0.25) is 0 Å². The third-order valence-corrected chi connectivity index (χ3v) is 5.55. The molecule has 140 valence electrons. The predicted octanol–water partition coefficient (Wildman–Crippen LogP) is 3.71. The van der Waals surface area contributed by atoms with Crippen LogP contribution in [-0.2, 0) is 10.0 Å². The van der Waals surface area contributed by atoms with E-state index in [1.54, 1.807) is 24.1 Å². The van der Waals surface area contributed by atoms with Crippen molar-refractivity contribution < 1.29 is 13.2 Å². The highest BCUT2D eigenvalue weighted by atomic mass is 32.2. The van der Waals surface area contributed by atoms with Gasteiger partial charge in [-0.2, -0.15) is 0 Å². The summed E-state index contributed by atoms with van der Waals surface area (Å²) in [5.41, 5.74) is 1.54. The molecule has 0 aliphatic rings. The van der Waals surface area contributed by atoms with E-state index in [4.69, 9.17) is 5.14 Å². The molecule has 6 nitrogen and oxygen atoms in total. The van der Waals surface area contributed by atoms with Gasteiger partial charge in [-0.25, -0.2) is 18.4 Å². The van der Waals surface area contributed by atoms with Crippen molar-refractivity contribution >= 4 is 32.5 Å². The summed E-state index contributed by atoms with van der Waals surface area (Å²) in [5.74, 6) is 0. The third kappa shape index (κ3) is 4.10. The van der Waals surface area contributed by atoms with Crippen LogP contribution in [0.5, 0.6) is 0 Å². The summed E-state index contributed by atoms with van der Waals surface area (Å²) in [7, 11) is -2.04. The molecule has 0 aliphatic heterocycles. The van der Waals surface area contributed by atoms with E-state index in [9.17, 15) is 13.2 Å². The topological polar surface area (TPSA) is 92.5 Å². The highest BCUT2D eigenvalue weighted by Gasteiger charge is 2.19. The largest absolute Gasteiger partial charge is 0.322 e. The number of carbonyl (C=O) groups is 1. The lowest BCUT2D eigenvalue weighted by Crippen LogP contribution is -2.33. The second-order valence-corrected chi connectivity index (χ2v) is 7.92. The maximum absolute atomic E-state index is 12.7. The monoisotopic (exact) mass is 383 g/mol. The zero-order valence-corrected chi connectivity index (χ0v) is 15.9. The minimum Gasteiger partial charge on any atom is -0.321 e. The van der Waals surface area contributed by atoms with Gasteiger partial charge in [0, 0.05) is 12.4 Å². The van der Waals surface area contributed by atoms with Crippen molar-refractivity contribution in [3.63, 3.8) is 0 Å². The summed E-state index contributed by atoms with van der Waals surface area (Å²) in [6.07, 6.45) is 0. The smallest absolute Gasteiger partial charge is 0.321 e. The van der Waals surface area contributed by atoms with E-state index in [-0.39, 0.29) is 17.0 Å². The first-order valence-corrected chi connectivity index (χ1v) is 9.96. The molecule has 2 amide bonds. The molecule has 0 aliphatic carbocycles. The first kappa shape index (κ1) is 18.9. The molecule has 0 fully saturated rings. The number of amides is 2. The van der Waals surface area contributed by atoms with Crippen LogP contribution >= 0.6 is 0 Å². The van der Waals surface area contributed by atoms with Crippen LogP contribution in [0.4, 0.5) is 10.5 Å². The third-order valence-electron chi connectivity index (χ3n) is 4.62. The molecule has 27 heavy (non-hydrogen) atoms. The Bertz CT molecular complexity index is 1070. The Kier molecular flexibility index (Phi) is 5.16. The molecule has 7 heteroatoms. The predicted molar refractivity (Wildman–Crippen MR) is 107 cm³/mol. The normalized spacial score (nSPS) is 12.6. The summed E-state index contributed by atoms with van der Waals surface area (Å²) >= 11 is 0. The zero-order valence-electron chi connectivity index (χ0n) is 15.1. The van der Waals surface area contributed by atoms with Gasteiger partial charge < -0.3 is 10.2 Å². The molecular weight excluding hydrogens is 362 g/mol. The Labute approximate surface area is 158 Å². The zero-order chi connectivity index (χ0) is 19.6. The SMILES string of the molecule is C[C@@H](c1ccc(S(N)(=O)=O)cc1)N(C)C(=O)Nc1cccc2ccccc12. The Morgan fingerprint density at radius 2 is 1.63 bits per heavy atom. The van der Waals surface area contributed by atoms with Crippen LogP contribution in [0.25, 0.3) is 10.8 Å². The quantitative estimate of drug-likeness (QED) is 0.719. The number of hydrogen-bond donors (Lipinski definition) is 2. The van der Waals surface area contributed by atoms with Crippen molar-refractivity contribution in [1.82, 2.24) is 4.90 Å². The number of hydrogen-bond acceptors (Lipinski definition) is 3. The molecule has 0 aromatic heterocycles. The second-order valence-electron chi connectivity index (χ2n) is 6.36. The van der Waals surface area contributed by atoms with Crippen molar-refractivity contribution in [1.29, 1.82) is 0 Å². The van der Waals surface area contributed by atoms with Gasteiger partial charge in [0.05, 0.1) is 16.6 Å². The van der Waals surface area contributed by atoms with Gasteiger partial charge in [0.1, 0.15) is 0 Å². The first-order valence-electron chi connectivity index (χ1n) is 8.42. The average Bonchev–Trinajstić information content (AvgIpc) is 2.66. The summed E-state index contributed by atoms with van der Waals surface area (Å²) < 4.78 is 22.7. The van der Waals surface area contributed by atoms with Crippen LogP contribution in [0.1, 0.15) is 18.5 Å². The molecule has 0 heterocycles. The molecule has 0 saturated carbocycles. The summed E-state index contributed by atoms with van der Waals surface area (Å²) in [5, 5.41) is 10.1. The first-order chi connectivity index (χ1) is 12.8. The molecule has 0 spiro atoms. The van der Waals surface area contributed by atoms with Crippen LogP contribution < -0.4 is 10.5 Å². The van der Waals surface area contributed by atoms with E-state index in [2.05, 4.69) is 5.32 Å². The molecule has 3 aromatic rings. The van der Waals surface area contributed by atoms with Gasteiger partial charge in [0.25, 0.3) is 0 Å². The van der Waals surface area contributed by atoms with Crippen molar-refractivity contribution in [3.05, 3.63) is 72.3 Å². The Balaban J connectivity index is 1.78. The molecule has 1 atom stereocenters. The van der Waals surface area contributed by atoms with Gasteiger partial charge in [-0.1, -0.05) is 48.5 Å². The lowest BCUT2D eigenvalue weighted by Gasteiger charge is -2.26. The minimum absolute atomic E-state index is 0.0429. The van der Waals surface area contributed by atoms with Crippen LogP contribution in [0.15, 0.2) is 71.6 Å². The number of nitrogens with two attached hydrogens (primary N) is 1. The lowest BCUT2D eigenvalue weighted by atomic mass is 10.1. The lowest BCUT2D eigenvalue weighted by molar-refractivity contribution is 0.208. The number of urea groups is 1. The number of rotatable bonds is 4. The van der Waals surface area contributed by atoms with E-state index in [0.29, 0.717) is 0 Å². The maximum atomic E-state index is 12.7. The number of sulfonamides is 1. The Hall–Kier alpha value is -2.90. The number of anilines is 1. The van der Waals surface area contributed by atoms with Gasteiger partial charge in [0.2, 0.25) is 10.0 Å². The molecule has 0 saturated heterocycles. The van der Waals surface area contributed by atoms with Gasteiger partial charge >= 0.3 is 6.03 Å². The van der Waals surface area contributed by atoms with E-state index in [1.807, 2.05) is 49.4 Å². The van der Waals surface area contributed by atoms with E-state index in [0.717, 1.165) is 22.0 Å².